The number of fused-ring (bicyclic) bond motifs is 2. The van der Waals surface area contributed by atoms with Crippen LogP contribution < -0.4 is 20.9 Å². The third-order valence-corrected chi connectivity index (χ3v) is 6.88. The minimum atomic E-state index is -3.32. The minimum absolute atomic E-state index is 0.0579. The first-order chi connectivity index (χ1) is 15.7. The highest BCUT2D eigenvalue weighted by Gasteiger charge is 2.41. The first-order valence-corrected chi connectivity index (χ1v) is 10.9. The fourth-order valence-electron chi connectivity index (χ4n) is 5.18. The van der Waals surface area contributed by atoms with Crippen molar-refractivity contribution in [3.05, 3.63) is 43.9 Å². The molecule has 1 aromatic heterocycles. The van der Waals surface area contributed by atoms with Gasteiger partial charge in [0.15, 0.2) is 11.6 Å². The zero-order valence-electron chi connectivity index (χ0n) is 17.9. The Labute approximate surface area is 185 Å². The summed E-state index contributed by atoms with van der Waals surface area (Å²) in [4.78, 5) is 28.7. The van der Waals surface area contributed by atoms with Crippen molar-refractivity contribution >= 4 is 16.6 Å². The summed E-state index contributed by atoms with van der Waals surface area (Å²) in [5.41, 5.74) is -2.61. The molecule has 0 radical (unpaired) electrons. The molecule has 5 rings (SSSR count). The Morgan fingerprint density at radius 1 is 1.21 bits per heavy atom. The lowest BCUT2D eigenvalue weighted by Crippen LogP contribution is -2.35. The van der Waals surface area contributed by atoms with Crippen molar-refractivity contribution in [2.24, 2.45) is 5.92 Å². The first kappa shape index (κ1) is 22.0. The molecule has 0 bridgehead atoms. The van der Waals surface area contributed by atoms with Gasteiger partial charge in [-0.1, -0.05) is 6.08 Å². The molecule has 3 aliphatic rings. The van der Waals surface area contributed by atoms with Crippen LogP contribution in [0.15, 0.2) is 21.2 Å². The second kappa shape index (κ2) is 7.91. The van der Waals surface area contributed by atoms with Gasteiger partial charge >= 0.3 is 5.69 Å². The fraction of sp³-hybridized carbons (Fsp3) is 0.545. The van der Waals surface area contributed by atoms with Crippen LogP contribution in [0.3, 0.4) is 0 Å². The second-order valence-corrected chi connectivity index (χ2v) is 8.90. The number of aromatic nitrogens is 2. The molecule has 2 fully saturated rings. The number of anilines is 1. The largest absolute Gasteiger partial charge is 0.492 e. The number of aromatic amines is 1. The Morgan fingerprint density at radius 3 is 2.58 bits per heavy atom. The number of nitrogens with zero attached hydrogens (tertiary/aromatic N) is 2. The quantitative estimate of drug-likeness (QED) is 0.594. The number of allylic oxidation sites excluding steroid dienone is 1. The predicted octanol–water partition coefficient (Wildman–Crippen LogP) is 1.99. The van der Waals surface area contributed by atoms with Crippen LogP contribution in [-0.4, -0.2) is 52.2 Å². The zero-order chi connectivity index (χ0) is 23.6. The molecule has 1 aromatic carbocycles. The van der Waals surface area contributed by atoms with Crippen LogP contribution in [0.25, 0.3) is 10.9 Å². The molecule has 3 unspecified atom stereocenters. The first-order valence-electron chi connectivity index (χ1n) is 10.9. The summed E-state index contributed by atoms with van der Waals surface area (Å²) in [6, 6.07) is -0.307. The number of hydrogen-bond donors (Lipinski definition) is 3. The van der Waals surface area contributed by atoms with E-state index in [0.717, 1.165) is 5.57 Å². The molecule has 0 spiro atoms. The zero-order valence-corrected chi connectivity index (χ0v) is 17.9. The average molecular weight is 467 g/mol. The fourth-order valence-corrected chi connectivity index (χ4v) is 5.18. The summed E-state index contributed by atoms with van der Waals surface area (Å²) < 4.78 is 50.7. The van der Waals surface area contributed by atoms with Gasteiger partial charge in [0, 0.05) is 25.0 Å². The third kappa shape index (κ3) is 3.36. The van der Waals surface area contributed by atoms with Crippen LogP contribution in [0.2, 0.25) is 0 Å². The average Bonchev–Trinajstić information content (AvgIpc) is 3.52. The van der Waals surface area contributed by atoms with E-state index < -0.39 is 52.6 Å². The van der Waals surface area contributed by atoms with Gasteiger partial charge in [-0.25, -0.2) is 18.0 Å². The van der Waals surface area contributed by atoms with E-state index in [1.165, 1.54) is 16.6 Å². The summed E-state index contributed by atoms with van der Waals surface area (Å²) in [6.07, 6.45) is -1.35. The van der Waals surface area contributed by atoms with E-state index in [4.69, 9.17) is 4.74 Å². The number of benzene rings is 1. The van der Waals surface area contributed by atoms with Gasteiger partial charge in [-0.2, -0.15) is 0 Å². The van der Waals surface area contributed by atoms with Crippen molar-refractivity contribution in [3.63, 3.8) is 0 Å². The van der Waals surface area contributed by atoms with Crippen molar-refractivity contribution in [3.8, 4) is 5.75 Å². The Bertz CT molecular complexity index is 1270. The van der Waals surface area contributed by atoms with Gasteiger partial charge in [-0.3, -0.25) is 14.3 Å². The molecule has 1 aliphatic heterocycles. The summed E-state index contributed by atoms with van der Waals surface area (Å²) in [6.45, 7) is 0.190. The lowest BCUT2D eigenvalue weighted by molar-refractivity contribution is -0.00415. The number of ether oxygens (including phenoxy) is 1. The number of alkyl halides is 2. The SMILES string of the molecule is COc1c(N2CC3=CCCC(O)C(O)C3C2)c(F)c(C(F)F)c2c(=O)[nH]c(=O)n(C3CC3)c12. The summed E-state index contributed by atoms with van der Waals surface area (Å²) in [5.74, 6) is -1.98. The maximum absolute atomic E-state index is 15.7. The Morgan fingerprint density at radius 2 is 1.94 bits per heavy atom. The maximum Gasteiger partial charge on any atom is 0.329 e. The minimum Gasteiger partial charge on any atom is -0.492 e. The van der Waals surface area contributed by atoms with Crippen LogP contribution in [-0.2, 0) is 0 Å². The second-order valence-electron chi connectivity index (χ2n) is 8.90. The number of aliphatic hydroxyl groups excluding tert-OH is 2. The Hall–Kier alpha value is -2.79. The number of rotatable bonds is 4. The number of halogens is 3. The molecule has 11 heteroatoms. The highest BCUT2D eigenvalue weighted by molar-refractivity contribution is 5.94. The van der Waals surface area contributed by atoms with Gasteiger partial charge in [0.25, 0.3) is 12.0 Å². The van der Waals surface area contributed by atoms with E-state index in [1.807, 2.05) is 11.1 Å². The van der Waals surface area contributed by atoms with Gasteiger partial charge < -0.3 is 19.8 Å². The molecular formula is C22H24F3N3O5. The molecule has 8 nitrogen and oxygen atoms in total. The van der Waals surface area contributed by atoms with Crippen molar-refractivity contribution < 1.29 is 28.1 Å². The molecule has 178 valence electrons. The summed E-state index contributed by atoms with van der Waals surface area (Å²) >= 11 is 0. The number of nitrogens with one attached hydrogen (secondary N) is 1. The van der Waals surface area contributed by atoms with Gasteiger partial charge in [0.1, 0.15) is 11.2 Å². The van der Waals surface area contributed by atoms with Gasteiger partial charge in [0.2, 0.25) is 0 Å². The van der Waals surface area contributed by atoms with E-state index in [9.17, 15) is 28.6 Å². The highest BCUT2D eigenvalue weighted by atomic mass is 19.3. The van der Waals surface area contributed by atoms with Crippen LogP contribution in [0.4, 0.5) is 18.9 Å². The Balaban J connectivity index is 1.79. The van der Waals surface area contributed by atoms with Crippen LogP contribution >= 0.6 is 0 Å². The van der Waals surface area contributed by atoms with Crippen LogP contribution in [0, 0.1) is 11.7 Å². The molecule has 3 atom stereocenters. The number of methoxy groups -OCH3 is 1. The molecule has 1 saturated carbocycles. The van der Waals surface area contributed by atoms with Gasteiger partial charge in [0.05, 0.1) is 30.3 Å². The molecule has 1 saturated heterocycles. The van der Waals surface area contributed by atoms with E-state index in [1.54, 1.807) is 0 Å². The standard InChI is InChI=1S/C22H24F3N3O5/c1-33-19-16-14(21(31)26-22(32)28(16)10-5-6-10)13(20(24)25)15(23)17(19)27-7-9-3-2-4-12(29)18(30)11(9)8-27/h3,10-12,18,20,29-30H,2,4-8H2,1H3,(H,26,31,32). The molecule has 0 amide bonds. The monoisotopic (exact) mass is 467 g/mol. The van der Waals surface area contributed by atoms with Crippen molar-refractivity contribution in [1.82, 2.24) is 9.55 Å². The lowest BCUT2D eigenvalue weighted by Gasteiger charge is -2.27. The van der Waals surface area contributed by atoms with E-state index in [0.29, 0.717) is 25.7 Å². The number of aliphatic hydroxyl groups is 2. The Kier molecular flexibility index (Phi) is 5.28. The molecule has 2 heterocycles. The van der Waals surface area contributed by atoms with Gasteiger partial charge in [-0.05, 0) is 31.3 Å². The molecule has 2 aromatic rings. The lowest BCUT2D eigenvalue weighted by atomic mass is 9.94. The predicted molar refractivity (Wildman–Crippen MR) is 114 cm³/mol. The van der Waals surface area contributed by atoms with Crippen molar-refractivity contribution in [2.75, 3.05) is 25.1 Å². The van der Waals surface area contributed by atoms with Crippen LogP contribution in [0.5, 0.6) is 5.75 Å². The summed E-state index contributed by atoms with van der Waals surface area (Å²) in [5, 5.41) is 20.1. The highest BCUT2D eigenvalue weighted by Crippen LogP contribution is 2.47. The number of hydrogen-bond acceptors (Lipinski definition) is 6. The number of H-pyrrole nitrogens is 1. The van der Waals surface area contributed by atoms with E-state index in [2.05, 4.69) is 0 Å². The van der Waals surface area contributed by atoms with E-state index in [-0.39, 0.29) is 36.1 Å². The maximum atomic E-state index is 15.7. The van der Waals surface area contributed by atoms with Gasteiger partial charge in [-0.15, -0.1) is 0 Å². The van der Waals surface area contributed by atoms with Crippen LogP contribution in [0.1, 0.15) is 43.7 Å². The molecule has 2 aliphatic carbocycles. The third-order valence-electron chi connectivity index (χ3n) is 6.88. The summed E-state index contributed by atoms with van der Waals surface area (Å²) in [7, 11) is 1.23. The molecular weight excluding hydrogens is 443 g/mol. The topological polar surface area (TPSA) is 108 Å². The molecule has 3 N–H and O–H groups in total. The van der Waals surface area contributed by atoms with Crippen molar-refractivity contribution in [1.29, 1.82) is 0 Å². The molecule has 33 heavy (non-hydrogen) atoms. The van der Waals surface area contributed by atoms with Crippen molar-refractivity contribution in [2.45, 2.75) is 50.4 Å². The smallest absolute Gasteiger partial charge is 0.329 e. The van der Waals surface area contributed by atoms with E-state index >= 15 is 4.39 Å². The normalized spacial score (nSPS) is 25.4.